The summed E-state index contributed by atoms with van der Waals surface area (Å²) < 4.78 is 14.0. The predicted octanol–water partition coefficient (Wildman–Crippen LogP) is 2.86. The van der Waals surface area contributed by atoms with Gasteiger partial charge in [-0.15, -0.1) is 0 Å². The van der Waals surface area contributed by atoms with Crippen LogP contribution in [-0.4, -0.2) is 33.4 Å². The number of amides is 1. The molecular formula is C16H22FN3O2. The van der Waals surface area contributed by atoms with Crippen molar-refractivity contribution in [2.45, 2.75) is 56.4 Å². The van der Waals surface area contributed by atoms with E-state index in [2.05, 4.69) is 4.98 Å². The number of hydrogen-bond donors (Lipinski definition) is 2. The molecule has 120 valence electrons. The molecule has 5 nitrogen and oxygen atoms in total. The number of alkyl halides is 1. The SMILES string of the molecule is NC(CCC1CC1)(c1ccncc1)C1CCC(F)N1C(=O)O. The molecule has 3 atom stereocenters. The van der Waals surface area contributed by atoms with Gasteiger partial charge in [-0.3, -0.25) is 9.88 Å². The molecule has 1 aliphatic carbocycles. The summed E-state index contributed by atoms with van der Waals surface area (Å²) in [6.07, 6.45) is 5.33. The van der Waals surface area contributed by atoms with Crippen molar-refractivity contribution in [2.75, 3.05) is 0 Å². The molecule has 3 rings (SSSR count). The Hall–Kier alpha value is -1.69. The highest BCUT2D eigenvalue weighted by molar-refractivity contribution is 5.66. The fourth-order valence-corrected chi connectivity index (χ4v) is 3.54. The summed E-state index contributed by atoms with van der Waals surface area (Å²) in [4.78, 5) is 16.4. The Kier molecular flexibility index (Phi) is 4.04. The van der Waals surface area contributed by atoms with Gasteiger partial charge < -0.3 is 10.8 Å². The highest BCUT2D eigenvalue weighted by Crippen LogP contribution is 2.43. The Morgan fingerprint density at radius 2 is 2.05 bits per heavy atom. The predicted molar refractivity (Wildman–Crippen MR) is 79.8 cm³/mol. The van der Waals surface area contributed by atoms with Gasteiger partial charge in [0.05, 0.1) is 11.6 Å². The number of nitrogens with zero attached hydrogens (tertiary/aromatic N) is 2. The summed E-state index contributed by atoms with van der Waals surface area (Å²) in [7, 11) is 0. The minimum atomic E-state index is -1.46. The molecule has 0 radical (unpaired) electrons. The molecule has 1 saturated heterocycles. The van der Waals surface area contributed by atoms with Gasteiger partial charge in [0.15, 0.2) is 6.30 Å². The fraction of sp³-hybridized carbons (Fsp3) is 0.625. The monoisotopic (exact) mass is 307 g/mol. The lowest BCUT2D eigenvalue weighted by molar-refractivity contribution is 0.0527. The Bertz CT molecular complexity index is 537. The van der Waals surface area contributed by atoms with Gasteiger partial charge in [-0.2, -0.15) is 0 Å². The van der Waals surface area contributed by atoms with Crippen LogP contribution < -0.4 is 5.73 Å². The van der Waals surface area contributed by atoms with Crippen molar-refractivity contribution in [3.63, 3.8) is 0 Å². The molecule has 0 spiro atoms. The van der Waals surface area contributed by atoms with Crippen molar-refractivity contribution < 1.29 is 14.3 Å². The van der Waals surface area contributed by atoms with Crippen LogP contribution in [0.25, 0.3) is 0 Å². The molecule has 0 bridgehead atoms. The van der Waals surface area contributed by atoms with Crippen LogP contribution in [0.1, 0.15) is 44.1 Å². The maximum atomic E-state index is 14.0. The summed E-state index contributed by atoms with van der Waals surface area (Å²) in [5, 5.41) is 9.37. The Morgan fingerprint density at radius 3 is 2.64 bits per heavy atom. The number of carbonyl (C=O) groups is 1. The van der Waals surface area contributed by atoms with Crippen molar-refractivity contribution in [2.24, 2.45) is 11.7 Å². The van der Waals surface area contributed by atoms with Gasteiger partial charge in [0.1, 0.15) is 0 Å². The first-order valence-electron chi connectivity index (χ1n) is 7.87. The molecule has 0 aromatic carbocycles. The van der Waals surface area contributed by atoms with E-state index in [0.717, 1.165) is 16.9 Å². The molecule has 1 aromatic heterocycles. The lowest BCUT2D eigenvalue weighted by atomic mass is 9.78. The molecule has 1 amide bonds. The van der Waals surface area contributed by atoms with Crippen LogP contribution in [0.2, 0.25) is 0 Å². The molecule has 2 aliphatic rings. The quantitative estimate of drug-likeness (QED) is 0.820. The van der Waals surface area contributed by atoms with E-state index in [1.165, 1.54) is 12.8 Å². The van der Waals surface area contributed by atoms with Crippen LogP contribution in [0.5, 0.6) is 0 Å². The third-order valence-electron chi connectivity index (χ3n) is 5.01. The second-order valence-electron chi connectivity index (χ2n) is 6.48. The molecule has 2 fully saturated rings. The zero-order valence-corrected chi connectivity index (χ0v) is 12.5. The molecule has 2 heterocycles. The van der Waals surface area contributed by atoms with Crippen LogP contribution in [0, 0.1) is 5.92 Å². The number of aromatic nitrogens is 1. The normalized spacial score (nSPS) is 27.6. The largest absolute Gasteiger partial charge is 0.465 e. The van der Waals surface area contributed by atoms with E-state index < -0.39 is 24.0 Å². The molecular weight excluding hydrogens is 285 g/mol. The van der Waals surface area contributed by atoms with Crippen molar-refractivity contribution >= 4 is 6.09 Å². The minimum absolute atomic E-state index is 0.213. The average molecular weight is 307 g/mol. The van der Waals surface area contributed by atoms with Crippen molar-refractivity contribution in [1.82, 2.24) is 9.88 Å². The molecule has 22 heavy (non-hydrogen) atoms. The first-order chi connectivity index (χ1) is 10.5. The summed E-state index contributed by atoms with van der Waals surface area (Å²) in [5.74, 6) is 0.686. The van der Waals surface area contributed by atoms with Gasteiger partial charge in [-0.05, 0) is 49.3 Å². The Balaban J connectivity index is 1.91. The lowest BCUT2D eigenvalue weighted by Gasteiger charge is -2.40. The number of halogens is 1. The minimum Gasteiger partial charge on any atom is -0.465 e. The van der Waals surface area contributed by atoms with Gasteiger partial charge in [-0.1, -0.05) is 12.8 Å². The van der Waals surface area contributed by atoms with E-state index in [0.29, 0.717) is 18.8 Å². The second-order valence-corrected chi connectivity index (χ2v) is 6.48. The van der Waals surface area contributed by atoms with Crippen LogP contribution in [0.3, 0.4) is 0 Å². The highest BCUT2D eigenvalue weighted by Gasteiger charge is 2.49. The van der Waals surface area contributed by atoms with Crippen molar-refractivity contribution in [3.8, 4) is 0 Å². The van der Waals surface area contributed by atoms with Gasteiger partial charge in [0, 0.05) is 12.4 Å². The summed E-state index contributed by atoms with van der Waals surface area (Å²) in [6.45, 7) is 0. The molecule has 1 aliphatic heterocycles. The third-order valence-corrected chi connectivity index (χ3v) is 5.01. The van der Waals surface area contributed by atoms with Gasteiger partial charge in [0.25, 0.3) is 0 Å². The first kappa shape index (κ1) is 15.2. The summed E-state index contributed by atoms with van der Waals surface area (Å²) in [6, 6.07) is 3.11. The Morgan fingerprint density at radius 1 is 1.36 bits per heavy atom. The van der Waals surface area contributed by atoms with E-state index in [-0.39, 0.29) is 6.42 Å². The van der Waals surface area contributed by atoms with Crippen LogP contribution >= 0.6 is 0 Å². The fourth-order valence-electron chi connectivity index (χ4n) is 3.54. The Labute approximate surface area is 129 Å². The standard InChI is InChI=1S/C16H22FN3O2/c17-14-4-3-13(20(14)15(21)22)16(18,8-5-11-1-2-11)12-6-9-19-10-7-12/h6-7,9-11,13-14H,1-5,8,18H2,(H,21,22). The number of carboxylic acid groups (broad SMARTS) is 1. The number of nitrogens with two attached hydrogens (primary N) is 1. The van der Waals surface area contributed by atoms with E-state index in [9.17, 15) is 14.3 Å². The van der Waals surface area contributed by atoms with Gasteiger partial charge >= 0.3 is 6.09 Å². The van der Waals surface area contributed by atoms with Crippen LogP contribution in [0.4, 0.5) is 9.18 Å². The zero-order chi connectivity index (χ0) is 15.7. The molecule has 1 saturated carbocycles. The second kappa shape index (κ2) is 5.83. The van der Waals surface area contributed by atoms with E-state index >= 15 is 0 Å². The van der Waals surface area contributed by atoms with Crippen LogP contribution in [-0.2, 0) is 5.54 Å². The zero-order valence-electron chi connectivity index (χ0n) is 12.5. The third kappa shape index (κ3) is 2.79. The number of rotatable bonds is 5. The van der Waals surface area contributed by atoms with E-state index in [1.54, 1.807) is 12.4 Å². The molecule has 3 N–H and O–H groups in total. The smallest absolute Gasteiger partial charge is 0.409 e. The first-order valence-corrected chi connectivity index (χ1v) is 7.87. The maximum absolute atomic E-state index is 14.0. The number of likely N-dealkylation sites (tertiary alicyclic amines) is 1. The lowest BCUT2D eigenvalue weighted by Crippen LogP contribution is -2.56. The van der Waals surface area contributed by atoms with Crippen molar-refractivity contribution in [3.05, 3.63) is 30.1 Å². The maximum Gasteiger partial charge on any atom is 0.409 e. The average Bonchev–Trinajstić information content (AvgIpc) is 3.26. The summed E-state index contributed by atoms with van der Waals surface area (Å²) in [5.41, 5.74) is 6.68. The molecule has 1 aromatic rings. The van der Waals surface area contributed by atoms with Gasteiger partial charge in [0.2, 0.25) is 0 Å². The van der Waals surface area contributed by atoms with Crippen LogP contribution in [0.15, 0.2) is 24.5 Å². The number of pyridine rings is 1. The summed E-state index contributed by atoms with van der Waals surface area (Å²) >= 11 is 0. The molecule has 6 heteroatoms. The number of hydrogen-bond acceptors (Lipinski definition) is 3. The van der Waals surface area contributed by atoms with E-state index in [1.807, 2.05) is 12.1 Å². The van der Waals surface area contributed by atoms with E-state index in [4.69, 9.17) is 5.73 Å². The topological polar surface area (TPSA) is 79.5 Å². The molecule has 3 unspecified atom stereocenters. The highest BCUT2D eigenvalue weighted by atomic mass is 19.1. The van der Waals surface area contributed by atoms with Gasteiger partial charge in [-0.25, -0.2) is 9.18 Å². The van der Waals surface area contributed by atoms with Crippen molar-refractivity contribution in [1.29, 1.82) is 0 Å².